The van der Waals surface area contributed by atoms with E-state index in [1.807, 2.05) is 18.2 Å². The van der Waals surface area contributed by atoms with Crippen LogP contribution < -0.4 is 4.74 Å². The van der Waals surface area contributed by atoms with Crippen LogP contribution in [0.15, 0.2) is 48.6 Å². The lowest BCUT2D eigenvalue weighted by Gasteiger charge is -2.29. The van der Waals surface area contributed by atoms with Gasteiger partial charge in [-0.15, -0.1) is 0 Å². The summed E-state index contributed by atoms with van der Waals surface area (Å²) in [6, 6.07) is 8.13. The molecule has 0 heterocycles. The number of ether oxygens (including phenoxy) is 1. The molecule has 0 aliphatic heterocycles. The zero-order valence-electron chi connectivity index (χ0n) is 17.2. The Morgan fingerprint density at radius 2 is 1.74 bits per heavy atom. The fraction of sp³-hybridized carbons (Fsp3) is 0.560. The van der Waals surface area contributed by atoms with Crippen LogP contribution in [-0.2, 0) is 4.79 Å². The van der Waals surface area contributed by atoms with E-state index in [0.717, 1.165) is 18.8 Å². The van der Waals surface area contributed by atoms with Gasteiger partial charge in [-0.3, -0.25) is 0 Å². The van der Waals surface area contributed by atoms with E-state index in [0.29, 0.717) is 11.7 Å². The Labute approximate surface area is 165 Å². The van der Waals surface area contributed by atoms with E-state index in [-0.39, 0.29) is 5.97 Å². The Balaban J connectivity index is 1.76. The summed E-state index contributed by atoms with van der Waals surface area (Å²) in [7, 11) is 0. The second kappa shape index (κ2) is 12.5. The Bertz CT molecular complexity index is 589. The predicted octanol–water partition coefficient (Wildman–Crippen LogP) is 7.36. The second-order valence-corrected chi connectivity index (χ2v) is 7.78. The van der Waals surface area contributed by atoms with Crippen molar-refractivity contribution in [3.05, 3.63) is 54.1 Å². The van der Waals surface area contributed by atoms with E-state index < -0.39 is 0 Å². The highest BCUT2D eigenvalue weighted by Crippen LogP contribution is 2.38. The molecular formula is C25H36O2. The molecule has 2 heteroatoms. The Morgan fingerprint density at radius 1 is 1.00 bits per heavy atom. The molecular weight excluding hydrogens is 332 g/mol. The van der Waals surface area contributed by atoms with Crippen LogP contribution in [0.25, 0.3) is 0 Å². The molecule has 1 aromatic carbocycles. The minimum atomic E-state index is -0.323. The monoisotopic (exact) mass is 368 g/mol. The number of benzene rings is 1. The average molecular weight is 369 g/mol. The van der Waals surface area contributed by atoms with Crippen LogP contribution in [0.4, 0.5) is 0 Å². The maximum absolute atomic E-state index is 11.8. The number of esters is 1. The number of hydrogen-bond acceptors (Lipinski definition) is 2. The third-order valence-corrected chi connectivity index (χ3v) is 5.57. The number of unbranched alkanes of at least 4 members (excludes halogenated alkanes) is 3. The molecule has 0 amide bonds. The first kappa shape index (κ1) is 21.5. The average Bonchev–Trinajstić information content (AvgIpc) is 2.69. The minimum Gasteiger partial charge on any atom is -0.423 e. The summed E-state index contributed by atoms with van der Waals surface area (Å²) in [6.07, 6.45) is 20.1. The van der Waals surface area contributed by atoms with Crippen molar-refractivity contribution >= 4 is 5.97 Å². The second-order valence-electron chi connectivity index (χ2n) is 7.78. The number of hydrogen-bond donors (Lipinski definition) is 0. The van der Waals surface area contributed by atoms with Crippen molar-refractivity contribution in [1.82, 2.24) is 0 Å². The van der Waals surface area contributed by atoms with Gasteiger partial charge in [0.25, 0.3) is 0 Å². The zero-order chi connectivity index (χ0) is 19.3. The van der Waals surface area contributed by atoms with Crippen molar-refractivity contribution in [2.45, 2.75) is 84.0 Å². The standard InChI is InChI=1S/C25H36O2/c1-3-5-7-8-10-12-25(26)27-24-19-17-23(18-20-24)22-15-13-21(14-16-22)11-9-6-4-2/h7-8,10,12,17-22H,3-6,9,11,13-16H2,1-2H3/b8-7+,12-10+. The highest BCUT2D eigenvalue weighted by atomic mass is 16.5. The first-order chi connectivity index (χ1) is 13.2. The summed E-state index contributed by atoms with van der Waals surface area (Å²) in [4.78, 5) is 11.8. The molecule has 0 aromatic heterocycles. The van der Waals surface area contributed by atoms with E-state index in [1.165, 1.54) is 63.0 Å². The van der Waals surface area contributed by atoms with Gasteiger partial charge in [-0.05, 0) is 61.6 Å². The van der Waals surface area contributed by atoms with Gasteiger partial charge in [0.2, 0.25) is 0 Å². The fourth-order valence-electron chi connectivity index (χ4n) is 3.90. The van der Waals surface area contributed by atoms with E-state index in [4.69, 9.17) is 4.74 Å². The fourth-order valence-corrected chi connectivity index (χ4v) is 3.90. The van der Waals surface area contributed by atoms with Crippen LogP contribution in [-0.4, -0.2) is 5.97 Å². The summed E-state index contributed by atoms with van der Waals surface area (Å²) >= 11 is 0. The van der Waals surface area contributed by atoms with Gasteiger partial charge in [-0.25, -0.2) is 4.79 Å². The highest BCUT2D eigenvalue weighted by Gasteiger charge is 2.22. The maximum atomic E-state index is 11.8. The summed E-state index contributed by atoms with van der Waals surface area (Å²) in [6.45, 7) is 4.41. The molecule has 2 nitrogen and oxygen atoms in total. The summed E-state index contributed by atoms with van der Waals surface area (Å²) in [5, 5.41) is 0. The molecule has 1 saturated carbocycles. The molecule has 0 bridgehead atoms. The molecule has 1 aromatic rings. The van der Waals surface area contributed by atoms with E-state index in [1.54, 1.807) is 6.08 Å². The lowest BCUT2D eigenvalue weighted by molar-refractivity contribution is -0.128. The van der Waals surface area contributed by atoms with Crippen molar-refractivity contribution in [3.8, 4) is 5.75 Å². The Morgan fingerprint density at radius 3 is 2.41 bits per heavy atom. The molecule has 1 aliphatic rings. The topological polar surface area (TPSA) is 26.3 Å². The quantitative estimate of drug-likeness (QED) is 0.142. The molecule has 0 radical (unpaired) electrons. The van der Waals surface area contributed by atoms with Gasteiger partial charge in [-0.1, -0.05) is 76.3 Å². The Hall–Kier alpha value is -1.83. The Kier molecular flexibility index (Phi) is 9.97. The van der Waals surface area contributed by atoms with Gasteiger partial charge in [0.05, 0.1) is 0 Å². The van der Waals surface area contributed by atoms with Crippen molar-refractivity contribution in [2.24, 2.45) is 5.92 Å². The summed E-state index contributed by atoms with van der Waals surface area (Å²) < 4.78 is 5.38. The molecule has 2 rings (SSSR count). The van der Waals surface area contributed by atoms with Crippen LogP contribution in [0.2, 0.25) is 0 Å². The molecule has 0 N–H and O–H groups in total. The molecule has 148 valence electrons. The van der Waals surface area contributed by atoms with Crippen molar-refractivity contribution in [2.75, 3.05) is 0 Å². The normalized spacial score (nSPS) is 20.4. The molecule has 1 fully saturated rings. The third kappa shape index (κ3) is 8.15. The third-order valence-electron chi connectivity index (χ3n) is 5.57. The van der Waals surface area contributed by atoms with Gasteiger partial charge in [-0.2, -0.15) is 0 Å². The van der Waals surface area contributed by atoms with Gasteiger partial charge in [0, 0.05) is 6.08 Å². The molecule has 0 atom stereocenters. The number of carbonyl (C=O) groups is 1. The van der Waals surface area contributed by atoms with E-state index >= 15 is 0 Å². The number of rotatable bonds is 10. The van der Waals surface area contributed by atoms with Gasteiger partial charge >= 0.3 is 5.97 Å². The van der Waals surface area contributed by atoms with Crippen molar-refractivity contribution in [1.29, 1.82) is 0 Å². The minimum absolute atomic E-state index is 0.323. The molecule has 1 aliphatic carbocycles. The van der Waals surface area contributed by atoms with Crippen molar-refractivity contribution in [3.63, 3.8) is 0 Å². The number of allylic oxidation sites excluding steroid dienone is 3. The predicted molar refractivity (Wildman–Crippen MR) is 114 cm³/mol. The molecule has 0 saturated heterocycles. The van der Waals surface area contributed by atoms with Gasteiger partial charge in [0.15, 0.2) is 0 Å². The van der Waals surface area contributed by atoms with Gasteiger partial charge < -0.3 is 4.74 Å². The van der Waals surface area contributed by atoms with E-state index in [2.05, 4.69) is 32.1 Å². The van der Waals surface area contributed by atoms with Crippen molar-refractivity contribution < 1.29 is 9.53 Å². The zero-order valence-corrected chi connectivity index (χ0v) is 17.2. The molecule has 0 unspecified atom stereocenters. The lowest BCUT2D eigenvalue weighted by atomic mass is 9.77. The van der Waals surface area contributed by atoms with Crippen LogP contribution in [0.5, 0.6) is 5.75 Å². The first-order valence-corrected chi connectivity index (χ1v) is 10.9. The largest absolute Gasteiger partial charge is 0.423 e. The van der Waals surface area contributed by atoms with Crippen LogP contribution in [0, 0.1) is 5.92 Å². The first-order valence-electron chi connectivity index (χ1n) is 10.9. The maximum Gasteiger partial charge on any atom is 0.336 e. The number of carbonyl (C=O) groups excluding carboxylic acids is 1. The van der Waals surface area contributed by atoms with Crippen LogP contribution >= 0.6 is 0 Å². The molecule has 0 spiro atoms. The van der Waals surface area contributed by atoms with Crippen LogP contribution in [0.3, 0.4) is 0 Å². The summed E-state index contributed by atoms with van der Waals surface area (Å²) in [5.74, 6) is 1.91. The molecule has 27 heavy (non-hydrogen) atoms. The smallest absolute Gasteiger partial charge is 0.336 e. The summed E-state index contributed by atoms with van der Waals surface area (Å²) in [5.41, 5.74) is 1.39. The van der Waals surface area contributed by atoms with Gasteiger partial charge in [0.1, 0.15) is 5.75 Å². The highest BCUT2D eigenvalue weighted by molar-refractivity contribution is 5.84. The lowest BCUT2D eigenvalue weighted by Crippen LogP contribution is -2.13. The van der Waals surface area contributed by atoms with Crippen LogP contribution in [0.1, 0.15) is 89.5 Å². The van der Waals surface area contributed by atoms with E-state index in [9.17, 15) is 4.79 Å². The SMILES string of the molecule is CCC/C=C/C=C/C(=O)Oc1ccc(C2CCC(CCCCC)CC2)cc1.